The molecule has 9 heteroatoms. The molecule has 1 amide bonds. The van der Waals surface area contributed by atoms with E-state index in [1.807, 2.05) is 0 Å². The van der Waals surface area contributed by atoms with Crippen LogP contribution in [0.2, 0.25) is 5.02 Å². The summed E-state index contributed by atoms with van der Waals surface area (Å²) in [5, 5.41) is 2.73. The molecule has 0 saturated heterocycles. The minimum Gasteiger partial charge on any atom is -0.475 e. The van der Waals surface area contributed by atoms with Gasteiger partial charge in [-0.1, -0.05) is 17.7 Å². The molecule has 0 radical (unpaired) electrons. The molecule has 1 N–H and O–H groups in total. The van der Waals surface area contributed by atoms with Crippen molar-refractivity contribution in [2.75, 3.05) is 20.3 Å². The first kappa shape index (κ1) is 21.7. The highest BCUT2D eigenvalue weighted by molar-refractivity contribution is 6.32. The number of methoxy groups -OCH3 is 1. The van der Waals surface area contributed by atoms with E-state index in [1.54, 1.807) is 25.4 Å². The van der Waals surface area contributed by atoms with Gasteiger partial charge in [-0.05, 0) is 35.9 Å². The van der Waals surface area contributed by atoms with Crippen LogP contribution in [0.3, 0.4) is 0 Å². The van der Waals surface area contributed by atoms with Gasteiger partial charge in [0.1, 0.15) is 6.61 Å². The fourth-order valence-electron chi connectivity index (χ4n) is 2.16. The number of halogens is 4. The fraction of sp³-hybridized carbons (Fsp3) is 0.263. The van der Waals surface area contributed by atoms with Crippen LogP contribution < -0.4 is 10.1 Å². The van der Waals surface area contributed by atoms with E-state index in [4.69, 9.17) is 21.1 Å². The Balaban J connectivity index is 2.00. The number of alkyl halides is 3. The van der Waals surface area contributed by atoms with Gasteiger partial charge in [-0.2, -0.15) is 13.2 Å². The molecule has 0 aliphatic carbocycles. The smallest absolute Gasteiger partial charge is 0.416 e. The molecule has 1 heterocycles. The lowest BCUT2D eigenvalue weighted by atomic mass is 10.1. The lowest BCUT2D eigenvalue weighted by molar-refractivity contribution is -0.137. The summed E-state index contributed by atoms with van der Waals surface area (Å²) in [4.78, 5) is 16.1. The van der Waals surface area contributed by atoms with Crippen LogP contribution in [0.1, 0.15) is 16.7 Å². The van der Waals surface area contributed by atoms with Gasteiger partial charge in [-0.25, -0.2) is 4.98 Å². The third-order valence-corrected chi connectivity index (χ3v) is 3.91. The molecule has 0 atom stereocenters. The third kappa shape index (κ3) is 6.54. The van der Waals surface area contributed by atoms with Gasteiger partial charge in [0.05, 0.1) is 12.2 Å². The zero-order valence-corrected chi connectivity index (χ0v) is 15.7. The van der Waals surface area contributed by atoms with E-state index < -0.39 is 17.6 Å². The third-order valence-electron chi connectivity index (χ3n) is 3.57. The number of rotatable bonds is 8. The summed E-state index contributed by atoms with van der Waals surface area (Å²) in [6.45, 7) is 0.834. The molecule has 1 aromatic carbocycles. The molecular formula is C19H18ClF3N2O3. The Morgan fingerprint density at radius 2 is 2.07 bits per heavy atom. The number of hydrogen-bond acceptors (Lipinski definition) is 4. The number of carbonyl (C=O) groups excluding carboxylic acids is 1. The molecular weight excluding hydrogens is 397 g/mol. The van der Waals surface area contributed by atoms with Crippen LogP contribution in [0, 0.1) is 0 Å². The summed E-state index contributed by atoms with van der Waals surface area (Å²) in [5.74, 6) is -0.134. The summed E-state index contributed by atoms with van der Waals surface area (Å²) in [6.07, 6.45) is -0.590. The van der Waals surface area contributed by atoms with E-state index in [1.165, 1.54) is 6.08 Å². The Labute approximate surface area is 165 Å². The molecule has 150 valence electrons. The van der Waals surface area contributed by atoms with Gasteiger partial charge in [0, 0.05) is 36.5 Å². The number of aromatic nitrogens is 1. The Kier molecular flexibility index (Phi) is 7.83. The first-order chi connectivity index (χ1) is 13.3. The van der Waals surface area contributed by atoms with Crippen molar-refractivity contribution in [3.63, 3.8) is 0 Å². The highest BCUT2D eigenvalue weighted by Crippen LogP contribution is 2.32. The van der Waals surface area contributed by atoms with Gasteiger partial charge in [0.2, 0.25) is 11.8 Å². The number of nitrogens with zero attached hydrogens (tertiary/aromatic N) is 1. The van der Waals surface area contributed by atoms with E-state index in [-0.39, 0.29) is 17.1 Å². The van der Waals surface area contributed by atoms with Gasteiger partial charge in [0.15, 0.2) is 0 Å². The van der Waals surface area contributed by atoms with Gasteiger partial charge in [-0.15, -0.1) is 0 Å². The molecule has 0 aliphatic rings. The summed E-state index contributed by atoms with van der Waals surface area (Å²) >= 11 is 5.90. The van der Waals surface area contributed by atoms with Gasteiger partial charge < -0.3 is 14.8 Å². The quantitative estimate of drug-likeness (QED) is 0.521. The number of pyridine rings is 1. The average molecular weight is 415 g/mol. The molecule has 28 heavy (non-hydrogen) atoms. The monoisotopic (exact) mass is 414 g/mol. The molecule has 1 aromatic heterocycles. The van der Waals surface area contributed by atoms with Crippen LogP contribution in [0.15, 0.2) is 42.6 Å². The highest BCUT2D eigenvalue weighted by atomic mass is 35.5. The summed E-state index contributed by atoms with van der Waals surface area (Å²) in [6, 6.07) is 6.34. The summed E-state index contributed by atoms with van der Waals surface area (Å²) < 4.78 is 48.7. The SMILES string of the molecule is COCCOc1ncccc1CNC(=O)/C=C/c1cc(C(F)(F)F)ccc1Cl. The zero-order chi connectivity index (χ0) is 20.6. The molecule has 2 aromatic rings. The number of amides is 1. The van der Waals surface area contributed by atoms with E-state index >= 15 is 0 Å². The van der Waals surface area contributed by atoms with Crippen molar-refractivity contribution in [2.24, 2.45) is 0 Å². The maximum absolute atomic E-state index is 12.8. The predicted molar refractivity (Wildman–Crippen MR) is 98.9 cm³/mol. The molecule has 0 aliphatic heterocycles. The first-order valence-electron chi connectivity index (χ1n) is 8.19. The predicted octanol–water partition coefficient (Wildman–Crippen LogP) is 4.11. The number of benzene rings is 1. The standard InChI is InChI=1S/C19H18ClF3N2O3/c1-27-9-10-28-18-14(3-2-8-24-18)12-25-17(26)7-4-13-11-15(19(21,22)23)5-6-16(13)20/h2-8,11H,9-10,12H2,1H3,(H,25,26)/b7-4+. The Bertz CT molecular complexity index is 841. The number of hydrogen-bond donors (Lipinski definition) is 1. The van der Waals surface area contributed by atoms with Crippen molar-refractivity contribution in [1.29, 1.82) is 0 Å². The minimum atomic E-state index is -4.49. The van der Waals surface area contributed by atoms with E-state index in [0.29, 0.717) is 24.7 Å². The van der Waals surface area contributed by atoms with E-state index in [0.717, 1.165) is 24.3 Å². The number of ether oxygens (including phenoxy) is 2. The second-order valence-corrected chi connectivity index (χ2v) is 6.00. The summed E-state index contributed by atoms with van der Waals surface area (Å²) in [5.41, 5.74) is -0.0979. The topological polar surface area (TPSA) is 60.5 Å². The zero-order valence-electron chi connectivity index (χ0n) is 14.9. The fourth-order valence-corrected chi connectivity index (χ4v) is 2.35. The van der Waals surface area contributed by atoms with Crippen LogP contribution in [-0.2, 0) is 22.3 Å². The first-order valence-corrected chi connectivity index (χ1v) is 8.57. The second kappa shape index (κ2) is 10.1. The van der Waals surface area contributed by atoms with Gasteiger partial charge in [0.25, 0.3) is 0 Å². The highest BCUT2D eigenvalue weighted by Gasteiger charge is 2.30. The Morgan fingerprint density at radius 3 is 2.79 bits per heavy atom. The normalized spacial score (nSPS) is 11.6. The van der Waals surface area contributed by atoms with Crippen molar-refractivity contribution < 1.29 is 27.4 Å². The lowest BCUT2D eigenvalue weighted by Gasteiger charge is -2.10. The molecule has 0 fully saturated rings. The molecule has 0 bridgehead atoms. The molecule has 0 unspecified atom stereocenters. The van der Waals surface area contributed by atoms with E-state index in [9.17, 15) is 18.0 Å². The van der Waals surface area contributed by atoms with Crippen LogP contribution >= 0.6 is 11.6 Å². The summed E-state index contributed by atoms with van der Waals surface area (Å²) in [7, 11) is 1.55. The van der Waals surface area contributed by atoms with Gasteiger partial charge in [-0.3, -0.25) is 4.79 Å². The van der Waals surface area contributed by atoms with Crippen LogP contribution in [-0.4, -0.2) is 31.2 Å². The Morgan fingerprint density at radius 1 is 1.29 bits per heavy atom. The number of nitrogens with one attached hydrogen (secondary N) is 1. The maximum Gasteiger partial charge on any atom is 0.416 e. The van der Waals surface area contributed by atoms with Gasteiger partial charge >= 0.3 is 6.18 Å². The van der Waals surface area contributed by atoms with E-state index in [2.05, 4.69) is 10.3 Å². The van der Waals surface area contributed by atoms with Crippen LogP contribution in [0.4, 0.5) is 13.2 Å². The molecule has 5 nitrogen and oxygen atoms in total. The number of carbonyl (C=O) groups is 1. The lowest BCUT2D eigenvalue weighted by Crippen LogP contribution is -2.21. The minimum absolute atomic E-state index is 0.0941. The maximum atomic E-state index is 12.8. The molecule has 0 spiro atoms. The molecule has 2 rings (SSSR count). The Hall–Kier alpha value is -2.58. The van der Waals surface area contributed by atoms with Crippen molar-refractivity contribution in [2.45, 2.75) is 12.7 Å². The largest absolute Gasteiger partial charge is 0.475 e. The van der Waals surface area contributed by atoms with Crippen LogP contribution in [0.5, 0.6) is 5.88 Å². The van der Waals surface area contributed by atoms with Crippen molar-refractivity contribution >= 4 is 23.6 Å². The van der Waals surface area contributed by atoms with Crippen molar-refractivity contribution in [3.05, 3.63) is 64.3 Å². The second-order valence-electron chi connectivity index (χ2n) is 5.59. The van der Waals surface area contributed by atoms with Crippen molar-refractivity contribution in [3.8, 4) is 5.88 Å². The average Bonchev–Trinajstić information content (AvgIpc) is 2.66. The van der Waals surface area contributed by atoms with Crippen LogP contribution in [0.25, 0.3) is 6.08 Å². The molecule has 0 saturated carbocycles. The van der Waals surface area contributed by atoms with Crippen molar-refractivity contribution in [1.82, 2.24) is 10.3 Å².